The van der Waals surface area contributed by atoms with Gasteiger partial charge in [-0.2, -0.15) is 0 Å². The summed E-state index contributed by atoms with van der Waals surface area (Å²) in [5.74, 6) is -0.0621. The highest BCUT2D eigenvalue weighted by Crippen LogP contribution is 2.11. The Morgan fingerprint density at radius 2 is 2.00 bits per heavy atom. The molecule has 0 heterocycles. The summed E-state index contributed by atoms with van der Waals surface area (Å²) < 4.78 is 0. The van der Waals surface area contributed by atoms with Crippen LogP contribution in [0.4, 0.5) is 0 Å². The summed E-state index contributed by atoms with van der Waals surface area (Å²) >= 11 is 10.5. The maximum absolute atomic E-state index is 11.9. The van der Waals surface area contributed by atoms with E-state index in [-0.39, 0.29) is 5.91 Å². The molecule has 0 aliphatic carbocycles. The van der Waals surface area contributed by atoms with Gasteiger partial charge in [0.15, 0.2) is 0 Å². The van der Waals surface area contributed by atoms with Gasteiger partial charge in [-0.1, -0.05) is 23.8 Å². The standard InChI is InChI=1S/C11H13ClN2OS/c1-14(7-6-10(13)16)11(15)8-2-4-9(12)5-3-8/h2-5H,6-7H2,1H3,(H2,13,16). The average molecular weight is 257 g/mol. The molecule has 0 saturated carbocycles. The monoisotopic (exact) mass is 256 g/mol. The van der Waals surface area contributed by atoms with Gasteiger partial charge in [0.2, 0.25) is 0 Å². The van der Waals surface area contributed by atoms with Gasteiger partial charge in [-0.15, -0.1) is 0 Å². The van der Waals surface area contributed by atoms with Crippen molar-refractivity contribution >= 4 is 34.7 Å². The Kier molecular flexibility index (Phi) is 4.71. The van der Waals surface area contributed by atoms with Crippen molar-refractivity contribution in [2.45, 2.75) is 6.42 Å². The fraction of sp³-hybridized carbons (Fsp3) is 0.273. The quantitative estimate of drug-likeness (QED) is 0.839. The molecule has 5 heteroatoms. The molecule has 0 fully saturated rings. The highest BCUT2D eigenvalue weighted by atomic mass is 35.5. The number of nitrogens with zero attached hydrogens (tertiary/aromatic N) is 1. The smallest absolute Gasteiger partial charge is 0.253 e. The molecule has 0 spiro atoms. The summed E-state index contributed by atoms with van der Waals surface area (Å²) in [5, 5.41) is 0.613. The minimum absolute atomic E-state index is 0.0621. The minimum atomic E-state index is -0.0621. The highest BCUT2D eigenvalue weighted by Gasteiger charge is 2.11. The van der Waals surface area contributed by atoms with Crippen molar-refractivity contribution in [2.75, 3.05) is 13.6 Å². The molecule has 0 saturated heterocycles. The van der Waals surface area contributed by atoms with E-state index in [1.54, 1.807) is 36.2 Å². The SMILES string of the molecule is CN(CCC(N)=S)C(=O)c1ccc(Cl)cc1. The molecule has 0 atom stereocenters. The van der Waals surface area contributed by atoms with E-state index in [1.165, 1.54) is 0 Å². The predicted octanol–water partition coefficient (Wildman–Crippen LogP) is 2.09. The minimum Gasteiger partial charge on any atom is -0.393 e. The van der Waals surface area contributed by atoms with Crippen LogP contribution in [0.1, 0.15) is 16.8 Å². The number of halogens is 1. The highest BCUT2D eigenvalue weighted by molar-refractivity contribution is 7.80. The van der Waals surface area contributed by atoms with Crippen LogP contribution < -0.4 is 5.73 Å². The number of carbonyl (C=O) groups is 1. The molecule has 86 valence electrons. The summed E-state index contributed by atoms with van der Waals surface area (Å²) in [6.07, 6.45) is 0.533. The van der Waals surface area contributed by atoms with E-state index in [0.29, 0.717) is 28.5 Å². The third kappa shape index (κ3) is 3.79. The second kappa shape index (κ2) is 5.82. The molecule has 16 heavy (non-hydrogen) atoms. The van der Waals surface area contributed by atoms with Crippen molar-refractivity contribution in [3.8, 4) is 0 Å². The first-order chi connectivity index (χ1) is 7.50. The van der Waals surface area contributed by atoms with E-state index in [2.05, 4.69) is 0 Å². The van der Waals surface area contributed by atoms with Crippen LogP contribution in [0.3, 0.4) is 0 Å². The summed E-state index contributed by atoms with van der Waals surface area (Å²) in [4.78, 5) is 13.9. The van der Waals surface area contributed by atoms with Crippen molar-refractivity contribution in [1.82, 2.24) is 4.90 Å². The van der Waals surface area contributed by atoms with Crippen LogP contribution in [0, 0.1) is 0 Å². The van der Waals surface area contributed by atoms with E-state index in [4.69, 9.17) is 29.6 Å². The first kappa shape index (κ1) is 12.9. The Morgan fingerprint density at radius 1 is 1.44 bits per heavy atom. The molecule has 0 unspecified atom stereocenters. The van der Waals surface area contributed by atoms with E-state index in [0.717, 1.165) is 0 Å². The lowest BCUT2D eigenvalue weighted by molar-refractivity contribution is 0.0799. The number of rotatable bonds is 4. The number of benzene rings is 1. The maximum atomic E-state index is 11.9. The summed E-state index contributed by atoms with van der Waals surface area (Å²) in [7, 11) is 1.72. The Morgan fingerprint density at radius 3 is 2.50 bits per heavy atom. The van der Waals surface area contributed by atoms with Gasteiger partial charge >= 0.3 is 0 Å². The Hall–Kier alpha value is -1.13. The molecule has 1 amide bonds. The van der Waals surface area contributed by atoms with E-state index in [1.807, 2.05) is 0 Å². The molecule has 0 bridgehead atoms. The van der Waals surface area contributed by atoms with Gasteiger partial charge in [0.1, 0.15) is 0 Å². The van der Waals surface area contributed by atoms with Gasteiger partial charge in [0.05, 0.1) is 4.99 Å². The normalized spacial score (nSPS) is 9.88. The van der Waals surface area contributed by atoms with Crippen molar-refractivity contribution < 1.29 is 4.79 Å². The summed E-state index contributed by atoms with van der Waals surface area (Å²) in [5.41, 5.74) is 5.98. The van der Waals surface area contributed by atoms with Gasteiger partial charge in [0, 0.05) is 30.6 Å². The molecule has 1 rings (SSSR count). The average Bonchev–Trinajstić information content (AvgIpc) is 2.26. The summed E-state index contributed by atoms with van der Waals surface area (Å²) in [6.45, 7) is 0.525. The van der Waals surface area contributed by atoms with Gasteiger partial charge < -0.3 is 10.6 Å². The largest absolute Gasteiger partial charge is 0.393 e. The van der Waals surface area contributed by atoms with Gasteiger partial charge in [-0.3, -0.25) is 4.79 Å². The molecule has 0 aliphatic rings. The Bertz CT molecular complexity index is 391. The van der Waals surface area contributed by atoms with E-state index in [9.17, 15) is 4.79 Å². The third-order valence-corrected chi connectivity index (χ3v) is 2.59. The first-order valence-electron chi connectivity index (χ1n) is 4.80. The van der Waals surface area contributed by atoms with Crippen LogP contribution in [0.25, 0.3) is 0 Å². The maximum Gasteiger partial charge on any atom is 0.253 e. The Labute approximate surface area is 105 Å². The number of carbonyl (C=O) groups excluding carboxylic acids is 1. The van der Waals surface area contributed by atoms with Crippen molar-refractivity contribution in [3.05, 3.63) is 34.9 Å². The molecule has 1 aromatic carbocycles. The topological polar surface area (TPSA) is 46.3 Å². The zero-order valence-corrected chi connectivity index (χ0v) is 10.5. The van der Waals surface area contributed by atoms with Gasteiger partial charge in [-0.25, -0.2) is 0 Å². The van der Waals surface area contributed by atoms with E-state index >= 15 is 0 Å². The second-order valence-corrected chi connectivity index (χ2v) is 4.41. The summed E-state index contributed by atoms with van der Waals surface area (Å²) in [6, 6.07) is 6.77. The van der Waals surface area contributed by atoms with Crippen LogP contribution in [-0.4, -0.2) is 29.4 Å². The first-order valence-corrected chi connectivity index (χ1v) is 5.58. The number of amides is 1. The van der Waals surface area contributed by atoms with Crippen LogP contribution in [0.15, 0.2) is 24.3 Å². The fourth-order valence-corrected chi connectivity index (χ4v) is 1.41. The zero-order valence-electron chi connectivity index (χ0n) is 8.94. The number of nitrogens with two attached hydrogens (primary N) is 1. The number of thiocarbonyl (C=S) groups is 1. The molecular formula is C11H13ClN2OS. The Balaban J connectivity index is 2.63. The molecule has 0 aliphatic heterocycles. The van der Waals surface area contributed by atoms with Crippen molar-refractivity contribution in [2.24, 2.45) is 5.73 Å². The lowest BCUT2D eigenvalue weighted by Crippen LogP contribution is -2.29. The fourth-order valence-electron chi connectivity index (χ4n) is 1.19. The number of hydrogen-bond acceptors (Lipinski definition) is 2. The van der Waals surface area contributed by atoms with Crippen LogP contribution in [0.2, 0.25) is 5.02 Å². The van der Waals surface area contributed by atoms with Gasteiger partial charge in [-0.05, 0) is 24.3 Å². The molecule has 3 nitrogen and oxygen atoms in total. The van der Waals surface area contributed by atoms with Crippen molar-refractivity contribution in [3.63, 3.8) is 0 Å². The molecule has 0 aromatic heterocycles. The molecule has 1 aromatic rings. The molecular weight excluding hydrogens is 244 g/mol. The molecule has 2 N–H and O–H groups in total. The second-order valence-electron chi connectivity index (χ2n) is 3.45. The van der Waals surface area contributed by atoms with Crippen LogP contribution >= 0.6 is 23.8 Å². The van der Waals surface area contributed by atoms with Crippen LogP contribution in [0.5, 0.6) is 0 Å². The lowest BCUT2D eigenvalue weighted by Gasteiger charge is -2.16. The van der Waals surface area contributed by atoms with Gasteiger partial charge in [0.25, 0.3) is 5.91 Å². The zero-order chi connectivity index (χ0) is 12.1. The molecule has 0 radical (unpaired) electrons. The number of hydrogen-bond donors (Lipinski definition) is 1. The predicted molar refractivity (Wildman–Crippen MR) is 69.8 cm³/mol. The lowest BCUT2D eigenvalue weighted by atomic mass is 10.2. The van der Waals surface area contributed by atoms with Crippen LogP contribution in [-0.2, 0) is 0 Å². The van der Waals surface area contributed by atoms with E-state index < -0.39 is 0 Å². The van der Waals surface area contributed by atoms with Crippen molar-refractivity contribution in [1.29, 1.82) is 0 Å². The third-order valence-electron chi connectivity index (χ3n) is 2.13.